The molecule has 3 atom stereocenters. The number of halogens is 1. The molecule has 0 bridgehead atoms. The van der Waals surface area contributed by atoms with Crippen LogP contribution in [0.5, 0.6) is 0 Å². The smallest absolute Gasteiger partial charge is 0.0332 e. The highest BCUT2D eigenvalue weighted by molar-refractivity contribution is 9.10. The van der Waals surface area contributed by atoms with Crippen LogP contribution in [0.3, 0.4) is 0 Å². The lowest BCUT2D eigenvalue weighted by Gasteiger charge is -2.23. The maximum Gasteiger partial charge on any atom is 0.0332 e. The van der Waals surface area contributed by atoms with Gasteiger partial charge in [0.05, 0.1) is 0 Å². The van der Waals surface area contributed by atoms with Crippen molar-refractivity contribution < 1.29 is 0 Å². The summed E-state index contributed by atoms with van der Waals surface area (Å²) in [5.74, 6) is 1.69. The van der Waals surface area contributed by atoms with Gasteiger partial charge in [0.2, 0.25) is 0 Å². The number of nitrogens with zero attached hydrogens (tertiary/aromatic N) is 1. The zero-order valence-corrected chi connectivity index (χ0v) is 15.2. The maximum absolute atomic E-state index is 3.71. The van der Waals surface area contributed by atoms with Crippen molar-refractivity contribution >= 4 is 15.9 Å². The highest BCUT2D eigenvalue weighted by atomic mass is 79.9. The molecule has 1 fully saturated rings. The summed E-state index contributed by atoms with van der Waals surface area (Å²) >= 11 is 3.59. The van der Waals surface area contributed by atoms with E-state index in [4.69, 9.17) is 0 Å². The first-order valence-electron chi connectivity index (χ1n) is 8.31. The molecule has 0 radical (unpaired) electrons. The van der Waals surface area contributed by atoms with Gasteiger partial charge in [-0.15, -0.1) is 0 Å². The van der Waals surface area contributed by atoms with Crippen molar-refractivity contribution in [3.05, 3.63) is 34.3 Å². The zero-order valence-electron chi connectivity index (χ0n) is 13.6. The number of nitrogens with one attached hydrogen (secondary N) is 1. The second-order valence-corrected chi connectivity index (χ2v) is 7.48. The van der Waals surface area contributed by atoms with Crippen LogP contribution in [0.1, 0.15) is 45.2 Å². The molecule has 0 amide bonds. The molecular formula is C18H29BrN2. The van der Waals surface area contributed by atoms with Gasteiger partial charge < -0.3 is 10.2 Å². The average Bonchev–Trinajstić information content (AvgIpc) is 2.78. The fourth-order valence-electron chi connectivity index (χ4n) is 3.17. The first-order valence-corrected chi connectivity index (χ1v) is 9.10. The number of hydrogen-bond donors (Lipinski definition) is 1. The fourth-order valence-corrected chi connectivity index (χ4v) is 3.59. The Morgan fingerprint density at radius 2 is 2.00 bits per heavy atom. The molecule has 2 nitrogen and oxygen atoms in total. The summed E-state index contributed by atoms with van der Waals surface area (Å²) in [5.41, 5.74) is 1.40. The van der Waals surface area contributed by atoms with Crippen molar-refractivity contribution in [3.8, 4) is 0 Å². The van der Waals surface area contributed by atoms with Gasteiger partial charge in [0.1, 0.15) is 0 Å². The lowest BCUT2D eigenvalue weighted by molar-refractivity contribution is 0.298. The van der Waals surface area contributed by atoms with Gasteiger partial charge in [0.15, 0.2) is 0 Å². The Morgan fingerprint density at radius 1 is 1.29 bits per heavy atom. The number of rotatable bonds is 7. The molecule has 1 aromatic carbocycles. The molecule has 3 unspecified atom stereocenters. The van der Waals surface area contributed by atoms with E-state index in [1.165, 1.54) is 42.5 Å². The van der Waals surface area contributed by atoms with Crippen LogP contribution in [0.15, 0.2) is 28.7 Å². The topological polar surface area (TPSA) is 15.3 Å². The Bertz CT molecular complexity index is 425. The van der Waals surface area contributed by atoms with E-state index in [1.54, 1.807) is 0 Å². The molecule has 1 aromatic rings. The normalized spacial score (nSPS) is 24.4. The van der Waals surface area contributed by atoms with E-state index < -0.39 is 0 Å². The van der Waals surface area contributed by atoms with Gasteiger partial charge in [-0.3, -0.25) is 0 Å². The van der Waals surface area contributed by atoms with Crippen LogP contribution in [-0.4, -0.2) is 31.1 Å². The van der Waals surface area contributed by atoms with Crippen LogP contribution in [-0.2, 0) is 0 Å². The molecule has 0 aliphatic carbocycles. The molecule has 3 heteroatoms. The SMILES string of the molecule is CCCNC(CCN1CC(C)C(C)C1)c1cccc(Br)c1. The number of likely N-dealkylation sites (tertiary alicyclic amines) is 1. The Kier molecular flexibility index (Phi) is 6.72. The summed E-state index contributed by atoms with van der Waals surface area (Å²) in [6, 6.07) is 9.20. The van der Waals surface area contributed by atoms with E-state index in [1.807, 2.05) is 0 Å². The third-order valence-electron chi connectivity index (χ3n) is 4.69. The number of hydrogen-bond acceptors (Lipinski definition) is 2. The van der Waals surface area contributed by atoms with Crippen molar-refractivity contribution in [2.45, 2.75) is 39.7 Å². The van der Waals surface area contributed by atoms with Crippen molar-refractivity contribution in [3.63, 3.8) is 0 Å². The molecule has 0 spiro atoms. The zero-order chi connectivity index (χ0) is 15.2. The summed E-state index contributed by atoms with van der Waals surface area (Å²) in [6.45, 7) is 11.8. The molecule has 1 heterocycles. The number of benzene rings is 1. The molecule has 1 saturated heterocycles. The monoisotopic (exact) mass is 352 g/mol. The summed E-state index contributed by atoms with van der Waals surface area (Å²) in [4.78, 5) is 2.63. The third-order valence-corrected chi connectivity index (χ3v) is 5.18. The minimum atomic E-state index is 0.466. The molecule has 21 heavy (non-hydrogen) atoms. The van der Waals surface area contributed by atoms with Crippen molar-refractivity contribution in [2.75, 3.05) is 26.2 Å². The van der Waals surface area contributed by atoms with Crippen molar-refractivity contribution in [1.82, 2.24) is 10.2 Å². The van der Waals surface area contributed by atoms with E-state index in [2.05, 4.69) is 71.2 Å². The van der Waals surface area contributed by atoms with Crippen molar-refractivity contribution in [1.29, 1.82) is 0 Å². The minimum Gasteiger partial charge on any atom is -0.310 e. The van der Waals surface area contributed by atoms with E-state index in [0.29, 0.717) is 6.04 Å². The Morgan fingerprint density at radius 3 is 2.62 bits per heavy atom. The Balaban J connectivity index is 1.93. The molecule has 0 aromatic heterocycles. The predicted molar refractivity (Wildman–Crippen MR) is 94.6 cm³/mol. The van der Waals surface area contributed by atoms with E-state index in [-0.39, 0.29) is 0 Å². The summed E-state index contributed by atoms with van der Waals surface area (Å²) in [7, 11) is 0. The summed E-state index contributed by atoms with van der Waals surface area (Å²) in [5, 5.41) is 3.71. The van der Waals surface area contributed by atoms with Crippen LogP contribution < -0.4 is 5.32 Å². The first kappa shape index (κ1) is 17.0. The fraction of sp³-hybridized carbons (Fsp3) is 0.667. The van der Waals surface area contributed by atoms with E-state index in [9.17, 15) is 0 Å². The van der Waals surface area contributed by atoms with Crippen LogP contribution >= 0.6 is 15.9 Å². The maximum atomic E-state index is 3.71. The van der Waals surface area contributed by atoms with Gasteiger partial charge in [0.25, 0.3) is 0 Å². The van der Waals surface area contributed by atoms with Crippen LogP contribution in [0.25, 0.3) is 0 Å². The molecule has 118 valence electrons. The summed E-state index contributed by atoms with van der Waals surface area (Å²) < 4.78 is 1.17. The predicted octanol–water partition coefficient (Wildman–Crippen LogP) is 4.47. The molecule has 0 saturated carbocycles. The van der Waals surface area contributed by atoms with Crippen molar-refractivity contribution in [2.24, 2.45) is 11.8 Å². The van der Waals surface area contributed by atoms with Crippen LogP contribution in [0, 0.1) is 11.8 Å². The highest BCUT2D eigenvalue weighted by Crippen LogP contribution is 2.25. The second-order valence-electron chi connectivity index (χ2n) is 6.56. The lowest BCUT2D eigenvalue weighted by atomic mass is 10.0. The molecule has 1 aliphatic heterocycles. The lowest BCUT2D eigenvalue weighted by Crippen LogP contribution is -2.29. The van der Waals surface area contributed by atoms with Gasteiger partial charge in [0, 0.05) is 23.6 Å². The van der Waals surface area contributed by atoms with Gasteiger partial charge >= 0.3 is 0 Å². The van der Waals surface area contributed by atoms with E-state index >= 15 is 0 Å². The molecule has 2 rings (SSSR count). The first-order chi connectivity index (χ1) is 10.1. The Labute approximate surface area is 138 Å². The minimum absolute atomic E-state index is 0.466. The van der Waals surface area contributed by atoms with Gasteiger partial charge in [-0.05, 0) is 55.5 Å². The highest BCUT2D eigenvalue weighted by Gasteiger charge is 2.26. The van der Waals surface area contributed by atoms with E-state index in [0.717, 1.165) is 18.4 Å². The van der Waals surface area contributed by atoms with Crippen LogP contribution in [0.2, 0.25) is 0 Å². The average molecular weight is 353 g/mol. The standard InChI is InChI=1S/C18H29BrN2/c1-4-9-20-18(16-6-5-7-17(19)11-16)8-10-21-12-14(2)15(3)13-21/h5-7,11,14-15,18,20H,4,8-10,12-13H2,1-3H3. The van der Waals surface area contributed by atoms with Crippen LogP contribution in [0.4, 0.5) is 0 Å². The van der Waals surface area contributed by atoms with Gasteiger partial charge in [-0.25, -0.2) is 0 Å². The quantitative estimate of drug-likeness (QED) is 0.778. The second kappa shape index (κ2) is 8.30. The van der Waals surface area contributed by atoms with Gasteiger partial charge in [-0.2, -0.15) is 0 Å². The van der Waals surface area contributed by atoms with Gasteiger partial charge in [-0.1, -0.05) is 48.8 Å². The largest absolute Gasteiger partial charge is 0.310 e. The molecule has 1 aliphatic rings. The molecular weight excluding hydrogens is 324 g/mol. The summed E-state index contributed by atoms with van der Waals surface area (Å²) in [6.07, 6.45) is 2.37. The third kappa shape index (κ3) is 5.08. The molecule has 1 N–H and O–H groups in total. The Hall–Kier alpha value is -0.380.